The van der Waals surface area contributed by atoms with E-state index >= 15 is 0 Å². The topological polar surface area (TPSA) is 55.8 Å². The van der Waals surface area contributed by atoms with Crippen LogP contribution in [0, 0.1) is 5.92 Å². The maximum Gasteiger partial charge on any atom is 0.305 e. The molecule has 1 aliphatic heterocycles. The van der Waals surface area contributed by atoms with Crippen molar-refractivity contribution in [3.63, 3.8) is 0 Å². The van der Waals surface area contributed by atoms with Crippen LogP contribution < -0.4 is 0 Å². The van der Waals surface area contributed by atoms with Gasteiger partial charge >= 0.3 is 5.97 Å². The Morgan fingerprint density at radius 1 is 1.71 bits per heavy atom. The van der Waals surface area contributed by atoms with Gasteiger partial charge in [-0.1, -0.05) is 6.92 Å². The molecule has 0 aliphatic carbocycles. The minimum Gasteiger partial charge on any atom is -0.469 e. The van der Waals surface area contributed by atoms with Crippen LogP contribution in [-0.2, 0) is 14.3 Å². The van der Waals surface area contributed by atoms with Crippen LogP contribution >= 0.6 is 0 Å². The second kappa shape index (κ2) is 5.32. The summed E-state index contributed by atoms with van der Waals surface area (Å²) in [7, 11) is 1.35. The van der Waals surface area contributed by atoms with Gasteiger partial charge in [0.2, 0.25) is 0 Å². The Morgan fingerprint density at radius 3 is 2.93 bits per heavy atom. The van der Waals surface area contributed by atoms with Gasteiger partial charge in [-0.25, -0.2) is 0 Å². The summed E-state index contributed by atoms with van der Waals surface area (Å²) in [6.45, 7) is 2.55. The number of hydrogen-bond donors (Lipinski definition) is 1. The largest absolute Gasteiger partial charge is 0.469 e. The standard InChI is InChI=1S/C10H18O4/c1-7(6-9(11)13-2)10(12)8-4-3-5-14-8/h7-8,10,12H,3-6H2,1-2H3. The number of esters is 1. The van der Waals surface area contributed by atoms with Crippen LogP contribution in [-0.4, -0.2) is 37.0 Å². The second-order valence-electron chi connectivity index (χ2n) is 3.80. The maximum absolute atomic E-state index is 11.0. The summed E-state index contributed by atoms with van der Waals surface area (Å²) in [5.41, 5.74) is 0. The van der Waals surface area contributed by atoms with Gasteiger partial charge in [-0.15, -0.1) is 0 Å². The van der Waals surface area contributed by atoms with Gasteiger partial charge in [0, 0.05) is 6.61 Å². The fourth-order valence-electron chi connectivity index (χ4n) is 1.71. The number of aliphatic hydroxyl groups is 1. The lowest BCUT2D eigenvalue weighted by atomic mass is 9.95. The first-order chi connectivity index (χ1) is 6.65. The van der Waals surface area contributed by atoms with Gasteiger partial charge in [-0.05, 0) is 18.8 Å². The first-order valence-corrected chi connectivity index (χ1v) is 5.01. The molecule has 1 heterocycles. The molecule has 0 radical (unpaired) electrons. The third-order valence-electron chi connectivity index (χ3n) is 2.65. The third-order valence-corrected chi connectivity index (χ3v) is 2.65. The molecule has 1 rings (SSSR count). The summed E-state index contributed by atoms with van der Waals surface area (Å²) in [6, 6.07) is 0. The zero-order chi connectivity index (χ0) is 10.6. The molecular formula is C10H18O4. The van der Waals surface area contributed by atoms with Crippen LogP contribution in [0.15, 0.2) is 0 Å². The number of methoxy groups -OCH3 is 1. The summed E-state index contributed by atoms with van der Waals surface area (Å²) >= 11 is 0. The summed E-state index contributed by atoms with van der Waals surface area (Å²) < 4.78 is 9.89. The van der Waals surface area contributed by atoms with Crippen molar-refractivity contribution in [3.8, 4) is 0 Å². The Labute approximate surface area is 84.2 Å². The average Bonchev–Trinajstić information content (AvgIpc) is 2.69. The molecule has 14 heavy (non-hydrogen) atoms. The summed E-state index contributed by atoms with van der Waals surface area (Å²) in [4.78, 5) is 11.0. The highest BCUT2D eigenvalue weighted by Crippen LogP contribution is 2.22. The SMILES string of the molecule is COC(=O)CC(C)C(O)C1CCCO1. The maximum atomic E-state index is 11.0. The van der Waals surface area contributed by atoms with Crippen molar-refractivity contribution in [1.29, 1.82) is 0 Å². The third kappa shape index (κ3) is 2.96. The lowest BCUT2D eigenvalue weighted by Crippen LogP contribution is -2.32. The van der Waals surface area contributed by atoms with Crippen LogP contribution in [0.2, 0.25) is 0 Å². The molecule has 0 aromatic heterocycles. The first kappa shape index (κ1) is 11.5. The lowest BCUT2D eigenvalue weighted by molar-refractivity contribution is -0.143. The molecule has 1 aliphatic rings. The number of ether oxygens (including phenoxy) is 2. The number of aliphatic hydroxyl groups excluding tert-OH is 1. The number of rotatable bonds is 4. The smallest absolute Gasteiger partial charge is 0.305 e. The van der Waals surface area contributed by atoms with E-state index in [1.807, 2.05) is 6.92 Å². The zero-order valence-corrected chi connectivity index (χ0v) is 8.73. The Bertz CT molecular complexity index is 187. The van der Waals surface area contributed by atoms with Gasteiger partial charge in [-0.2, -0.15) is 0 Å². The molecule has 0 aromatic rings. The first-order valence-electron chi connectivity index (χ1n) is 5.01. The second-order valence-corrected chi connectivity index (χ2v) is 3.80. The lowest BCUT2D eigenvalue weighted by Gasteiger charge is -2.22. The Morgan fingerprint density at radius 2 is 2.43 bits per heavy atom. The molecule has 3 unspecified atom stereocenters. The highest BCUT2D eigenvalue weighted by Gasteiger charge is 2.29. The van der Waals surface area contributed by atoms with Gasteiger partial charge in [0.1, 0.15) is 0 Å². The summed E-state index contributed by atoms with van der Waals surface area (Å²) in [6.07, 6.45) is 1.46. The van der Waals surface area contributed by atoms with Crippen molar-refractivity contribution in [2.45, 2.75) is 38.4 Å². The van der Waals surface area contributed by atoms with Crippen LogP contribution in [0.25, 0.3) is 0 Å². The molecule has 0 amide bonds. The van der Waals surface area contributed by atoms with E-state index in [9.17, 15) is 9.90 Å². The minimum atomic E-state index is -0.559. The van der Waals surface area contributed by atoms with Crippen LogP contribution in [0.1, 0.15) is 26.2 Å². The molecule has 1 saturated heterocycles. The molecule has 1 fully saturated rings. The molecule has 4 heteroatoms. The molecule has 3 atom stereocenters. The highest BCUT2D eigenvalue weighted by atomic mass is 16.5. The monoisotopic (exact) mass is 202 g/mol. The fourth-order valence-corrected chi connectivity index (χ4v) is 1.71. The molecule has 0 bridgehead atoms. The number of carbonyl (C=O) groups is 1. The van der Waals surface area contributed by atoms with E-state index in [1.54, 1.807) is 0 Å². The molecule has 82 valence electrons. The van der Waals surface area contributed by atoms with Crippen molar-refractivity contribution >= 4 is 5.97 Å². The van der Waals surface area contributed by atoms with Crippen LogP contribution in [0.4, 0.5) is 0 Å². The fraction of sp³-hybridized carbons (Fsp3) is 0.900. The Kier molecular flexibility index (Phi) is 4.35. The molecule has 0 spiro atoms. The van der Waals surface area contributed by atoms with Crippen molar-refractivity contribution in [3.05, 3.63) is 0 Å². The Hall–Kier alpha value is -0.610. The van der Waals surface area contributed by atoms with Crippen molar-refractivity contribution in [1.82, 2.24) is 0 Å². The Balaban J connectivity index is 2.34. The van der Waals surface area contributed by atoms with E-state index in [-0.39, 0.29) is 24.4 Å². The van der Waals surface area contributed by atoms with Gasteiger partial charge in [0.05, 0.1) is 25.7 Å². The van der Waals surface area contributed by atoms with E-state index in [1.165, 1.54) is 7.11 Å². The van der Waals surface area contributed by atoms with E-state index < -0.39 is 6.10 Å². The normalized spacial score (nSPS) is 25.8. The predicted octanol–water partition coefficient (Wildman–Crippen LogP) is 0.725. The van der Waals surface area contributed by atoms with E-state index in [4.69, 9.17) is 4.74 Å². The van der Waals surface area contributed by atoms with E-state index in [0.29, 0.717) is 6.61 Å². The summed E-state index contributed by atoms with van der Waals surface area (Å²) in [5.74, 6) is -0.389. The van der Waals surface area contributed by atoms with E-state index in [0.717, 1.165) is 12.8 Å². The van der Waals surface area contributed by atoms with Crippen LogP contribution in [0.3, 0.4) is 0 Å². The number of hydrogen-bond acceptors (Lipinski definition) is 4. The van der Waals surface area contributed by atoms with Crippen molar-refractivity contribution in [2.24, 2.45) is 5.92 Å². The molecule has 0 saturated carbocycles. The van der Waals surface area contributed by atoms with Crippen LogP contribution in [0.5, 0.6) is 0 Å². The quantitative estimate of drug-likeness (QED) is 0.683. The highest BCUT2D eigenvalue weighted by molar-refractivity contribution is 5.69. The molecule has 1 N–H and O–H groups in total. The zero-order valence-electron chi connectivity index (χ0n) is 8.73. The van der Waals surface area contributed by atoms with Gasteiger partial charge in [0.25, 0.3) is 0 Å². The summed E-state index contributed by atoms with van der Waals surface area (Å²) in [5, 5.41) is 9.83. The van der Waals surface area contributed by atoms with Gasteiger partial charge < -0.3 is 14.6 Å². The molecular weight excluding hydrogens is 184 g/mol. The number of carbonyl (C=O) groups excluding carboxylic acids is 1. The van der Waals surface area contributed by atoms with Gasteiger partial charge in [-0.3, -0.25) is 4.79 Å². The van der Waals surface area contributed by atoms with Crippen molar-refractivity contribution < 1.29 is 19.4 Å². The minimum absolute atomic E-state index is 0.102. The van der Waals surface area contributed by atoms with Gasteiger partial charge in [0.15, 0.2) is 0 Å². The molecule has 0 aromatic carbocycles. The van der Waals surface area contributed by atoms with E-state index in [2.05, 4.69) is 4.74 Å². The predicted molar refractivity (Wildman–Crippen MR) is 50.8 cm³/mol. The average molecular weight is 202 g/mol. The molecule has 4 nitrogen and oxygen atoms in total. The van der Waals surface area contributed by atoms with Crippen molar-refractivity contribution in [2.75, 3.05) is 13.7 Å².